The van der Waals surface area contributed by atoms with Crippen LogP contribution in [0.2, 0.25) is 0 Å². The molecule has 1 heterocycles. The van der Waals surface area contributed by atoms with Crippen LogP contribution in [0.15, 0.2) is 60.7 Å². The van der Waals surface area contributed by atoms with Crippen molar-refractivity contribution in [2.24, 2.45) is 11.7 Å². The van der Waals surface area contributed by atoms with Crippen LogP contribution in [-0.2, 0) is 32.0 Å². The molecule has 49 heavy (non-hydrogen) atoms. The molecule has 1 fully saturated rings. The van der Waals surface area contributed by atoms with E-state index in [-0.39, 0.29) is 11.8 Å². The highest BCUT2D eigenvalue weighted by Crippen LogP contribution is 2.14. The molecular weight excluding hydrogens is 637 g/mol. The van der Waals surface area contributed by atoms with Crippen molar-refractivity contribution in [1.82, 2.24) is 26.2 Å². The molecule has 2 aromatic rings. The predicted molar refractivity (Wildman–Crippen MR) is 199 cm³/mol. The third kappa shape index (κ3) is 14.9. The Labute approximate surface area is 297 Å². The highest BCUT2D eigenvalue weighted by Gasteiger charge is 2.32. The average molecular weight is 695 g/mol. The van der Waals surface area contributed by atoms with Gasteiger partial charge in [-0.1, -0.05) is 88.4 Å². The quantitative estimate of drug-likeness (QED) is 0.142. The van der Waals surface area contributed by atoms with Crippen molar-refractivity contribution in [1.29, 1.82) is 0 Å². The number of nitrogens with two attached hydrogens (primary N) is 1. The molecule has 4 amide bonds. The van der Waals surface area contributed by atoms with E-state index in [0.717, 1.165) is 42.0 Å². The lowest BCUT2D eigenvalue weighted by molar-refractivity contribution is -0.138. The van der Waals surface area contributed by atoms with Gasteiger partial charge in [-0.25, -0.2) is 0 Å². The molecular formula is C38H58N6O4S. The Hall–Kier alpha value is -3.41. The zero-order chi connectivity index (χ0) is 35.6. The van der Waals surface area contributed by atoms with Gasteiger partial charge in [-0.3, -0.25) is 19.2 Å². The number of hydrogen-bond donors (Lipinski definition) is 5. The Balaban J connectivity index is 1.76. The standard InChI is InChI=1S/C38H58N6O4S/c1-27(2)25-34(37(47)42-33(17-11-20-40-28(3)4)38(48)44-21-12-23-49-24-22-44)43-36(46)32(19-18-29-13-7-5-8-14-29)41-35(45)31(39)26-30-15-9-6-10-16-30/h5-10,13-16,27-28,31-34,40H,11-12,17-26,39H2,1-4H3,(H,41,45)(H,42,47)(H,43,46)/t31-,32-,33-,34-/m1/s1. The van der Waals surface area contributed by atoms with Crippen LogP contribution >= 0.6 is 11.8 Å². The van der Waals surface area contributed by atoms with Gasteiger partial charge in [-0.2, -0.15) is 11.8 Å². The first-order valence-corrected chi connectivity index (χ1v) is 19.0. The van der Waals surface area contributed by atoms with E-state index >= 15 is 0 Å². The van der Waals surface area contributed by atoms with E-state index in [4.69, 9.17) is 5.73 Å². The smallest absolute Gasteiger partial charge is 0.245 e. The molecule has 2 aromatic carbocycles. The summed E-state index contributed by atoms with van der Waals surface area (Å²) < 4.78 is 0. The minimum Gasteiger partial charge on any atom is -0.343 e. The molecule has 0 bridgehead atoms. The van der Waals surface area contributed by atoms with Crippen LogP contribution in [0.3, 0.4) is 0 Å². The number of rotatable bonds is 19. The second-order valence-electron chi connectivity index (χ2n) is 13.7. The lowest BCUT2D eigenvalue weighted by Gasteiger charge is -2.29. The Bertz CT molecular complexity index is 1290. The van der Waals surface area contributed by atoms with Crippen molar-refractivity contribution in [2.45, 2.75) is 103 Å². The van der Waals surface area contributed by atoms with Gasteiger partial charge in [0.2, 0.25) is 23.6 Å². The zero-order valence-corrected chi connectivity index (χ0v) is 30.6. The maximum atomic E-state index is 13.9. The van der Waals surface area contributed by atoms with Crippen LogP contribution in [0.4, 0.5) is 0 Å². The summed E-state index contributed by atoms with van der Waals surface area (Å²) in [5.41, 5.74) is 8.24. The van der Waals surface area contributed by atoms with E-state index < -0.39 is 41.9 Å². The summed E-state index contributed by atoms with van der Waals surface area (Å²) in [4.78, 5) is 56.8. The summed E-state index contributed by atoms with van der Waals surface area (Å²) in [6, 6.07) is 16.2. The van der Waals surface area contributed by atoms with E-state index in [1.807, 2.05) is 91.2 Å². The lowest BCUT2D eigenvalue weighted by atomic mass is 9.99. The summed E-state index contributed by atoms with van der Waals surface area (Å²) in [6.45, 7) is 10.2. The number of thioether (sulfide) groups is 1. The summed E-state index contributed by atoms with van der Waals surface area (Å²) >= 11 is 1.84. The molecule has 0 aromatic heterocycles. The molecule has 11 heteroatoms. The number of benzene rings is 2. The van der Waals surface area contributed by atoms with Gasteiger partial charge in [-0.15, -0.1) is 0 Å². The van der Waals surface area contributed by atoms with Crippen molar-refractivity contribution < 1.29 is 19.2 Å². The van der Waals surface area contributed by atoms with Crippen LogP contribution in [0, 0.1) is 5.92 Å². The fourth-order valence-electron chi connectivity index (χ4n) is 5.85. The fraction of sp³-hybridized carbons (Fsp3) is 0.579. The third-order valence-corrected chi connectivity index (χ3v) is 9.59. The van der Waals surface area contributed by atoms with Crippen molar-refractivity contribution >= 4 is 35.4 Å². The normalized spacial score (nSPS) is 15.9. The molecule has 0 aliphatic carbocycles. The summed E-state index contributed by atoms with van der Waals surface area (Å²) in [5.74, 6) is 0.619. The average Bonchev–Trinajstić information content (AvgIpc) is 3.37. The number of hydrogen-bond acceptors (Lipinski definition) is 7. The molecule has 1 saturated heterocycles. The number of aryl methyl sites for hydroxylation is 1. The summed E-state index contributed by atoms with van der Waals surface area (Å²) in [7, 11) is 0. The first kappa shape index (κ1) is 40.0. The maximum absolute atomic E-state index is 13.9. The molecule has 0 unspecified atom stereocenters. The molecule has 0 radical (unpaired) electrons. The van der Waals surface area contributed by atoms with E-state index in [0.29, 0.717) is 51.2 Å². The molecule has 10 nitrogen and oxygen atoms in total. The largest absolute Gasteiger partial charge is 0.343 e. The first-order chi connectivity index (χ1) is 23.5. The zero-order valence-electron chi connectivity index (χ0n) is 29.8. The van der Waals surface area contributed by atoms with Crippen molar-refractivity contribution in [3.63, 3.8) is 0 Å². The molecule has 1 aliphatic heterocycles. The fourth-order valence-corrected chi connectivity index (χ4v) is 6.74. The Morgan fingerprint density at radius 1 is 0.755 bits per heavy atom. The van der Waals surface area contributed by atoms with Crippen LogP contribution in [0.5, 0.6) is 0 Å². The van der Waals surface area contributed by atoms with Crippen LogP contribution in [0.1, 0.15) is 70.9 Å². The molecule has 3 rings (SSSR count). The highest BCUT2D eigenvalue weighted by molar-refractivity contribution is 7.99. The number of carbonyl (C=O) groups excluding carboxylic acids is 4. The second kappa shape index (κ2) is 21.6. The molecule has 0 saturated carbocycles. The van der Waals surface area contributed by atoms with Crippen LogP contribution < -0.4 is 27.0 Å². The molecule has 1 aliphatic rings. The van der Waals surface area contributed by atoms with Gasteiger partial charge < -0.3 is 31.9 Å². The molecule has 6 N–H and O–H groups in total. The predicted octanol–water partition coefficient (Wildman–Crippen LogP) is 3.43. The van der Waals surface area contributed by atoms with Crippen molar-refractivity contribution in [2.75, 3.05) is 31.1 Å². The minimum absolute atomic E-state index is 0.0737. The second-order valence-corrected chi connectivity index (χ2v) is 14.9. The topological polar surface area (TPSA) is 146 Å². The SMILES string of the molecule is CC(C)C[C@@H](NC(=O)[C@@H](CCc1ccccc1)NC(=O)[C@H](N)Cc1ccccc1)C(=O)N[C@H](CCCNC(C)C)C(=O)N1CCCSCC1. The lowest BCUT2D eigenvalue weighted by Crippen LogP contribution is -2.58. The van der Waals surface area contributed by atoms with Gasteiger partial charge in [0.15, 0.2) is 0 Å². The molecule has 4 atom stereocenters. The van der Waals surface area contributed by atoms with E-state index in [2.05, 4.69) is 35.1 Å². The number of nitrogens with zero attached hydrogens (tertiary/aromatic N) is 1. The monoisotopic (exact) mass is 694 g/mol. The maximum Gasteiger partial charge on any atom is 0.245 e. The van der Waals surface area contributed by atoms with Crippen molar-refractivity contribution in [3.8, 4) is 0 Å². The van der Waals surface area contributed by atoms with Crippen molar-refractivity contribution in [3.05, 3.63) is 71.8 Å². The highest BCUT2D eigenvalue weighted by atomic mass is 32.2. The summed E-state index contributed by atoms with van der Waals surface area (Å²) in [5, 5.41) is 12.2. The third-order valence-electron chi connectivity index (χ3n) is 8.54. The van der Waals surface area contributed by atoms with Gasteiger partial charge in [0, 0.05) is 24.9 Å². The Morgan fingerprint density at radius 2 is 1.37 bits per heavy atom. The van der Waals surface area contributed by atoms with Gasteiger partial charge in [0.25, 0.3) is 0 Å². The Kier molecular flexibility index (Phi) is 17.7. The number of nitrogens with one attached hydrogen (secondary N) is 4. The Morgan fingerprint density at radius 3 is 2.02 bits per heavy atom. The van der Waals surface area contributed by atoms with Gasteiger partial charge >= 0.3 is 0 Å². The van der Waals surface area contributed by atoms with Gasteiger partial charge in [0.05, 0.1) is 6.04 Å². The summed E-state index contributed by atoms with van der Waals surface area (Å²) in [6.07, 6.45) is 3.70. The van der Waals surface area contributed by atoms with Crippen LogP contribution in [-0.4, -0.2) is 89.9 Å². The molecule has 0 spiro atoms. The van der Waals surface area contributed by atoms with Gasteiger partial charge in [0.1, 0.15) is 18.1 Å². The first-order valence-electron chi connectivity index (χ1n) is 17.9. The van der Waals surface area contributed by atoms with E-state index in [9.17, 15) is 19.2 Å². The minimum atomic E-state index is -0.911. The van der Waals surface area contributed by atoms with Gasteiger partial charge in [-0.05, 0) is 74.3 Å². The number of carbonyl (C=O) groups is 4. The van der Waals surface area contributed by atoms with Crippen LogP contribution in [0.25, 0.3) is 0 Å². The van der Waals surface area contributed by atoms with E-state index in [1.165, 1.54) is 0 Å². The molecule has 270 valence electrons. The van der Waals surface area contributed by atoms with E-state index in [1.54, 1.807) is 0 Å². The number of amides is 4.